The molecule has 0 aliphatic heterocycles. The third-order valence-electron chi connectivity index (χ3n) is 4.01. The molecule has 0 heterocycles. The molecule has 0 aromatic rings. The molecule has 0 aromatic heterocycles. The average molecular weight is 565 g/mol. The van der Waals surface area contributed by atoms with Crippen LogP contribution in [0.2, 0.25) is 0 Å². The highest BCUT2D eigenvalue weighted by atomic mass is 19.3. The van der Waals surface area contributed by atoms with Crippen molar-refractivity contribution in [1.82, 2.24) is 0 Å². The lowest BCUT2D eigenvalue weighted by Gasteiger charge is -2.22. The molecule has 0 spiro atoms. The first-order chi connectivity index (χ1) is 17.3. The van der Waals surface area contributed by atoms with Crippen molar-refractivity contribution in [2.45, 2.75) is 42.8 Å². The lowest BCUT2D eigenvalue weighted by molar-refractivity contribution is -0.185. The fourth-order valence-corrected chi connectivity index (χ4v) is 2.38. The van der Waals surface area contributed by atoms with Gasteiger partial charge in [-0.15, -0.1) is 0 Å². The molecule has 0 fully saturated rings. The predicted molar refractivity (Wildman–Crippen MR) is 115 cm³/mol. The number of halogens is 6. The van der Waals surface area contributed by atoms with Crippen molar-refractivity contribution in [2.75, 3.05) is 92.5 Å². The Morgan fingerprint density at radius 3 is 1.03 bits per heavy atom. The molecule has 0 aliphatic rings. The summed E-state index contributed by atoms with van der Waals surface area (Å²) in [5.41, 5.74) is 0. The summed E-state index contributed by atoms with van der Waals surface area (Å²) in [6.45, 7) is -9.69. The topological polar surface area (TPSA) is 136 Å². The number of aliphatic hydroxyl groups is 4. The van der Waals surface area contributed by atoms with Gasteiger partial charge in [0.1, 0.15) is 51.8 Å². The summed E-state index contributed by atoms with van der Waals surface area (Å²) >= 11 is 0. The van der Waals surface area contributed by atoms with Gasteiger partial charge in [0, 0.05) is 26.4 Å². The molecule has 37 heavy (non-hydrogen) atoms. The third kappa shape index (κ3) is 22.8. The molecule has 224 valence electrons. The highest BCUT2D eigenvalue weighted by molar-refractivity contribution is 4.71. The van der Waals surface area contributed by atoms with Gasteiger partial charge < -0.3 is 48.8 Å². The van der Waals surface area contributed by atoms with Crippen LogP contribution in [0.25, 0.3) is 0 Å². The van der Waals surface area contributed by atoms with Gasteiger partial charge in [-0.2, -0.15) is 0 Å². The minimum Gasteiger partial charge on any atom is -0.396 e. The van der Waals surface area contributed by atoms with Gasteiger partial charge in [-0.05, 0) is 12.8 Å². The normalized spacial score (nSPS) is 14.8. The van der Waals surface area contributed by atoms with E-state index in [1.165, 1.54) is 0 Å². The molecule has 0 saturated heterocycles. The molecule has 2 atom stereocenters. The Morgan fingerprint density at radius 2 is 0.730 bits per heavy atom. The van der Waals surface area contributed by atoms with E-state index in [-0.39, 0.29) is 39.6 Å². The van der Waals surface area contributed by atoms with Crippen molar-refractivity contribution < 1.29 is 75.2 Å². The van der Waals surface area contributed by atoms with E-state index in [1.807, 2.05) is 0 Å². The zero-order valence-electron chi connectivity index (χ0n) is 20.5. The summed E-state index contributed by atoms with van der Waals surface area (Å²) in [4.78, 5) is 0. The molecular formula is C21H38F6O10. The number of aliphatic hydroxyl groups excluding tert-OH is 4. The van der Waals surface area contributed by atoms with Gasteiger partial charge in [0.05, 0.1) is 26.4 Å². The molecular weight excluding hydrogens is 526 g/mol. The van der Waals surface area contributed by atoms with E-state index in [0.717, 1.165) is 0 Å². The van der Waals surface area contributed by atoms with Crippen LogP contribution in [0, 0.1) is 0 Å². The van der Waals surface area contributed by atoms with E-state index in [1.54, 1.807) is 0 Å². The first-order valence-electron chi connectivity index (χ1n) is 11.5. The zero-order valence-corrected chi connectivity index (χ0v) is 20.5. The zero-order chi connectivity index (χ0) is 28.2. The first kappa shape index (κ1) is 36.2. The van der Waals surface area contributed by atoms with Crippen LogP contribution in [0.5, 0.6) is 0 Å². The molecule has 4 N–H and O–H groups in total. The Kier molecular flexibility index (Phi) is 19.7. The molecule has 16 heteroatoms. The van der Waals surface area contributed by atoms with Crippen LogP contribution in [0.1, 0.15) is 12.8 Å². The van der Waals surface area contributed by atoms with E-state index >= 15 is 0 Å². The minimum absolute atomic E-state index is 0.109. The van der Waals surface area contributed by atoms with Crippen molar-refractivity contribution in [3.8, 4) is 0 Å². The standard InChI is InChI=1S/C21H38F6O10/c22-19(23,11-34-9-17(30)7-32-5-1-3-28)13-36-15-21(26,27)16-37-14-20(24,25)12-35-10-18(31)8-33-6-2-4-29/h17-18,28-31H,1-16H2. The van der Waals surface area contributed by atoms with Crippen LogP contribution in [0.15, 0.2) is 0 Å². The lowest BCUT2D eigenvalue weighted by Crippen LogP contribution is -2.38. The van der Waals surface area contributed by atoms with Gasteiger partial charge in [0.2, 0.25) is 0 Å². The maximum absolute atomic E-state index is 13.7. The van der Waals surface area contributed by atoms with E-state index in [0.29, 0.717) is 12.8 Å². The van der Waals surface area contributed by atoms with Crippen LogP contribution in [-0.2, 0) is 28.4 Å². The largest absolute Gasteiger partial charge is 0.396 e. The molecule has 2 unspecified atom stereocenters. The molecule has 0 aromatic carbocycles. The maximum atomic E-state index is 13.7. The van der Waals surface area contributed by atoms with Crippen molar-refractivity contribution in [3.63, 3.8) is 0 Å². The van der Waals surface area contributed by atoms with E-state index in [9.17, 15) is 36.6 Å². The number of rotatable bonds is 26. The van der Waals surface area contributed by atoms with Gasteiger partial charge in [0.25, 0.3) is 17.8 Å². The Labute approximate surface area is 211 Å². The van der Waals surface area contributed by atoms with Crippen molar-refractivity contribution >= 4 is 0 Å². The molecule has 0 bridgehead atoms. The fourth-order valence-electron chi connectivity index (χ4n) is 2.38. The number of ether oxygens (including phenoxy) is 6. The van der Waals surface area contributed by atoms with Gasteiger partial charge >= 0.3 is 0 Å². The summed E-state index contributed by atoms with van der Waals surface area (Å²) in [6.07, 6.45) is -1.74. The second kappa shape index (κ2) is 20.1. The summed E-state index contributed by atoms with van der Waals surface area (Å²) in [6, 6.07) is 0. The van der Waals surface area contributed by atoms with Crippen molar-refractivity contribution in [2.24, 2.45) is 0 Å². The predicted octanol–water partition coefficient (Wildman–Crippen LogP) is 0.479. The highest BCUT2D eigenvalue weighted by Gasteiger charge is 2.37. The molecule has 0 radical (unpaired) electrons. The van der Waals surface area contributed by atoms with Crippen LogP contribution in [0.3, 0.4) is 0 Å². The highest BCUT2D eigenvalue weighted by Crippen LogP contribution is 2.21. The van der Waals surface area contributed by atoms with Gasteiger partial charge in [-0.25, -0.2) is 26.3 Å². The van der Waals surface area contributed by atoms with Gasteiger partial charge in [0.15, 0.2) is 0 Å². The second-order valence-corrected chi connectivity index (χ2v) is 8.20. The lowest BCUT2D eigenvalue weighted by atomic mass is 10.3. The Balaban J connectivity index is 4.03. The van der Waals surface area contributed by atoms with E-state index < -0.39 is 82.8 Å². The van der Waals surface area contributed by atoms with Crippen LogP contribution in [-0.4, -0.2) is 143 Å². The maximum Gasteiger partial charge on any atom is 0.293 e. The Morgan fingerprint density at radius 1 is 0.459 bits per heavy atom. The summed E-state index contributed by atoms with van der Waals surface area (Å²) < 4.78 is 110. The second-order valence-electron chi connectivity index (χ2n) is 8.20. The number of hydrogen-bond donors (Lipinski definition) is 4. The van der Waals surface area contributed by atoms with E-state index in [4.69, 9.17) is 19.7 Å². The monoisotopic (exact) mass is 564 g/mol. The van der Waals surface area contributed by atoms with E-state index in [2.05, 4.69) is 18.9 Å². The third-order valence-corrected chi connectivity index (χ3v) is 4.01. The summed E-state index contributed by atoms with van der Waals surface area (Å²) in [7, 11) is 0. The van der Waals surface area contributed by atoms with Gasteiger partial charge in [-0.3, -0.25) is 0 Å². The van der Waals surface area contributed by atoms with Gasteiger partial charge in [-0.1, -0.05) is 0 Å². The summed E-state index contributed by atoms with van der Waals surface area (Å²) in [5.74, 6) is -11.2. The van der Waals surface area contributed by atoms with Crippen LogP contribution >= 0.6 is 0 Å². The fraction of sp³-hybridized carbons (Fsp3) is 1.00. The first-order valence-corrected chi connectivity index (χ1v) is 11.5. The minimum atomic E-state index is -3.84. The molecule has 0 saturated carbocycles. The molecule has 0 amide bonds. The molecule has 10 nitrogen and oxygen atoms in total. The van der Waals surface area contributed by atoms with Crippen LogP contribution < -0.4 is 0 Å². The van der Waals surface area contributed by atoms with Crippen molar-refractivity contribution in [3.05, 3.63) is 0 Å². The SMILES string of the molecule is OCCCOCC(O)COCC(F)(F)COCC(F)(F)COCC(F)(F)COCC(O)COCCCO. The summed E-state index contributed by atoms with van der Waals surface area (Å²) in [5, 5.41) is 36.1. The molecule has 0 aliphatic carbocycles. The smallest absolute Gasteiger partial charge is 0.293 e. The average Bonchev–Trinajstić information content (AvgIpc) is 2.78. The molecule has 0 rings (SSSR count). The Hall–Kier alpha value is -0.820. The quantitative estimate of drug-likeness (QED) is 0.0868. The van der Waals surface area contributed by atoms with Crippen molar-refractivity contribution in [1.29, 1.82) is 0 Å². The number of hydrogen-bond acceptors (Lipinski definition) is 10. The Bertz CT molecular complexity index is 504. The van der Waals surface area contributed by atoms with Crippen LogP contribution in [0.4, 0.5) is 26.3 Å². The number of alkyl halides is 6.